The summed E-state index contributed by atoms with van der Waals surface area (Å²) in [5.74, 6) is 28.3. The summed E-state index contributed by atoms with van der Waals surface area (Å²) in [5.41, 5.74) is 0. The molecule has 2 unspecified atom stereocenters. The smallest absolute Gasteiger partial charge is 0.0349 e. The molecule has 27 fully saturated rings. The fourth-order valence-corrected chi connectivity index (χ4v) is 25.1. The third-order valence-electron chi connectivity index (χ3n) is 29.0. The predicted octanol–water partition coefficient (Wildman–Crippen LogP) is 23.2. The Morgan fingerprint density at radius 3 is 0.539 bits per heavy atom. The molecular weight excluding hydrogens is 913 g/mol. The van der Waals surface area contributed by atoms with Gasteiger partial charge in [0, 0.05) is 0 Å². The summed E-state index contributed by atoms with van der Waals surface area (Å²) in [6.07, 6.45) is 81.7. The van der Waals surface area contributed by atoms with Crippen molar-refractivity contribution in [3.63, 3.8) is 0 Å². The van der Waals surface area contributed by atoms with Gasteiger partial charge in [0.1, 0.15) is 0 Å². The van der Waals surface area contributed by atoms with E-state index in [4.69, 9.17) is 0 Å². The molecule has 432 valence electrons. The molecule has 0 radical (unpaired) electrons. The molecule has 0 aliphatic heterocycles. The fraction of sp³-hybridized carbons (Fsp3) is 1.00. The zero-order chi connectivity index (χ0) is 50.6. The first-order valence-corrected chi connectivity index (χ1v) is 37.5. The van der Waals surface area contributed by atoms with E-state index in [1.165, 1.54) is 140 Å². The van der Waals surface area contributed by atoms with Crippen molar-refractivity contribution in [1.82, 2.24) is 0 Å². The molecule has 0 spiro atoms. The van der Waals surface area contributed by atoms with Gasteiger partial charge >= 0.3 is 0 Å². The lowest BCUT2D eigenvalue weighted by atomic mass is 9.56. The van der Waals surface area contributed by atoms with Crippen molar-refractivity contribution >= 4 is 0 Å². The summed E-state index contributed by atoms with van der Waals surface area (Å²) in [7, 11) is 0. The van der Waals surface area contributed by atoms with Crippen LogP contribution < -0.4 is 0 Å². The highest BCUT2D eigenvalue weighted by Gasteiger charge is 2.62. The van der Waals surface area contributed by atoms with Crippen LogP contribution in [-0.2, 0) is 0 Å². The Labute approximate surface area is 473 Å². The van der Waals surface area contributed by atoms with Crippen molar-refractivity contribution in [2.24, 2.45) is 142 Å². The van der Waals surface area contributed by atoms with E-state index in [1.807, 2.05) is 0 Å². The van der Waals surface area contributed by atoms with Crippen LogP contribution in [0.1, 0.15) is 334 Å². The zero-order valence-corrected chi connectivity index (χ0v) is 50.6. The highest BCUT2D eigenvalue weighted by Crippen LogP contribution is 2.70. The summed E-state index contributed by atoms with van der Waals surface area (Å²) >= 11 is 0. The molecule has 0 aromatic rings. The molecule has 2 atom stereocenters. The number of hydrogen-bond donors (Lipinski definition) is 0. The average molecular weight is 1040 g/mol. The predicted molar refractivity (Wildman–Crippen MR) is 324 cm³/mol. The molecule has 0 nitrogen and oxygen atoms in total. The van der Waals surface area contributed by atoms with Crippen LogP contribution in [0.5, 0.6) is 0 Å². The molecule has 0 N–H and O–H groups in total. The van der Waals surface area contributed by atoms with Gasteiger partial charge in [0.05, 0.1) is 0 Å². The van der Waals surface area contributed by atoms with E-state index in [0.717, 1.165) is 47.3 Å². The standard InChI is InChI=1S/C10H16.C9H14.3C9H16.2C8H14.C7H10.C7H12/c1-7-2-9-4-8(1)5-10(3-7)6-9;1-6-2-8-4-7(1)5-9(8)3-6;1-3-8-5-2-6-9(4-1)7-8;1-2-8-4-6-9(3-1)7-5-8;1-2-4-9-6-5-8(3-1)7-9;1-2-8-5-3-7(1)4-6-8;1-2-4-8-5-7(3-1)6-8;1-4-2-6-5(1)7(6)3-4;1-2-7-4-3-6(1)5-7/h7-10H,1-6H2;6-9H,1-5H2;3*8-9H,1-7H2;2*7-8H,1-6H2;4-7H,1-3H2;6-7H,1-5H2. The third-order valence-corrected chi connectivity index (χ3v) is 29.0. The lowest BCUT2D eigenvalue weighted by Gasteiger charge is -2.49. The normalized spacial score (nSPS) is 50.5. The Morgan fingerprint density at radius 2 is 0.276 bits per heavy atom. The Hall–Kier alpha value is 0. The van der Waals surface area contributed by atoms with Crippen molar-refractivity contribution in [3.05, 3.63) is 0 Å². The van der Waals surface area contributed by atoms with Crippen LogP contribution in [0.3, 0.4) is 0 Å². The van der Waals surface area contributed by atoms with Gasteiger partial charge < -0.3 is 0 Å². The quantitative estimate of drug-likeness (QED) is 0.227. The monoisotopic (exact) mass is 1040 g/mol. The van der Waals surface area contributed by atoms with Crippen LogP contribution in [-0.4, -0.2) is 0 Å². The van der Waals surface area contributed by atoms with Crippen molar-refractivity contribution in [2.75, 3.05) is 0 Å². The van der Waals surface area contributed by atoms with Gasteiger partial charge in [-0.15, -0.1) is 0 Å². The summed E-state index contributed by atoms with van der Waals surface area (Å²) < 4.78 is 0. The lowest BCUT2D eigenvalue weighted by molar-refractivity contribution is 0.0198. The van der Waals surface area contributed by atoms with Gasteiger partial charge in [-0.2, -0.15) is 0 Å². The molecule has 0 heterocycles. The van der Waals surface area contributed by atoms with Crippen LogP contribution in [0.15, 0.2) is 0 Å². The van der Waals surface area contributed by atoms with Crippen molar-refractivity contribution in [3.8, 4) is 0 Å². The summed E-state index contributed by atoms with van der Waals surface area (Å²) in [6, 6.07) is 0. The van der Waals surface area contributed by atoms with E-state index >= 15 is 0 Å². The largest absolute Gasteiger partial charge is 0.0530 e. The molecule has 27 saturated carbocycles. The molecule has 0 amide bonds. The summed E-state index contributed by atoms with van der Waals surface area (Å²) in [5, 5.41) is 0. The molecule has 24 bridgehead atoms. The Morgan fingerprint density at radius 1 is 0.105 bits per heavy atom. The molecule has 0 heteroatoms. The lowest BCUT2D eigenvalue weighted by Crippen LogP contribution is -2.38. The molecule has 76 heavy (non-hydrogen) atoms. The topological polar surface area (TPSA) is 0 Å². The average Bonchev–Trinajstić information content (AvgIpc) is 4.27. The number of hydrogen-bond acceptors (Lipinski definition) is 0. The molecule has 0 saturated heterocycles. The first-order chi connectivity index (χ1) is 37.5. The second kappa shape index (κ2) is 26.7. The molecule has 27 aliphatic rings. The highest BCUT2D eigenvalue weighted by molar-refractivity contribution is 5.11. The van der Waals surface area contributed by atoms with E-state index in [2.05, 4.69) is 0 Å². The van der Waals surface area contributed by atoms with Crippen molar-refractivity contribution in [1.29, 1.82) is 0 Å². The Kier molecular flexibility index (Phi) is 19.4. The van der Waals surface area contributed by atoms with Crippen molar-refractivity contribution in [2.45, 2.75) is 334 Å². The second-order valence-electron chi connectivity index (χ2n) is 34.4. The maximum Gasteiger partial charge on any atom is -0.0349 e. The van der Waals surface area contributed by atoms with Crippen LogP contribution in [0.4, 0.5) is 0 Å². The second-order valence-corrected chi connectivity index (χ2v) is 34.4. The minimum atomic E-state index is 1.14. The van der Waals surface area contributed by atoms with Gasteiger partial charge in [0.15, 0.2) is 0 Å². The maximum absolute atomic E-state index is 1.62. The number of fused-ring (bicyclic) bond motifs is 16. The molecular formula is C76H128. The van der Waals surface area contributed by atoms with Gasteiger partial charge in [-0.05, 0) is 264 Å². The van der Waals surface area contributed by atoms with Crippen LogP contribution >= 0.6 is 0 Å². The van der Waals surface area contributed by atoms with Crippen LogP contribution in [0, 0.1) is 142 Å². The van der Waals surface area contributed by atoms with E-state index in [9.17, 15) is 0 Å². The van der Waals surface area contributed by atoms with E-state index in [1.54, 1.807) is 289 Å². The Balaban J connectivity index is 0.0000000820. The minimum absolute atomic E-state index is 1.14. The summed E-state index contributed by atoms with van der Waals surface area (Å²) in [6.45, 7) is 0. The van der Waals surface area contributed by atoms with Crippen LogP contribution in [0.25, 0.3) is 0 Å². The fourth-order valence-electron chi connectivity index (χ4n) is 25.1. The van der Waals surface area contributed by atoms with Gasteiger partial charge in [-0.25, -0.2) is 0 Å². The first kappa shape index (κ1) is 55.2. The van der Waals surface area contributed by atoms with Gasteiger partial charge in [0.25, 0.3) is 0 Å². The highest BCUT2D eigenvalue weighted by atomic mass is 14.7. The molecule has 27 aliphatic carbocycles. The third kappa shape index (κ3) is 15.0. The van der Waals surface area contributed by atoms with E-state index in [-0.39, 0.29) is 0 Å². The first-order valence-electron chi connectivity index (χ1n) is 37.5. The molecule has 0 aromatic heterocycles. The zero-order valence-electron chi connectivity index (χ0n) is 50.6. The van der Waals surface area contributed by atoms with E-state index < -0.39 is 0 Å². The SMILES string of the molecule is C1C2CC3C1C3C2.C1C2CC3CC1CC(C2)C3.C1C2CC3CC1CC3C2.C1CC2CCC(C1)CC2.C1CC2CCC1C2.C1CC2CCC1CC2.C1CC2CCCC(C1)C2.C1CCC2CC(C1)C2.C1CCC2CCC(C1)C2. The summed E-state index contributed by atoms with van der Waals surface area (Å²) in [4.78, 5) is 0. The molecule has 0 aromatic carbocycles. The van der Waals surface area contributed by atoms with Gasteiger partial charge in [-0.3, -0.25) is 0 Å². The van der Waals surface area contributed by atoms with Crippen molar-refractivity contribution < 1.29 is 0 Å². The number of rotatable bonds is 0. The Bertz CT molecular complexity index is 1460. The maximum atomic E-state index is 1.62. The van der Waals surface area contributed by atoms with Gasteiger partial charge in [-0.1, -0.05) is 212 Å². The minimum Gasteiger partial charge on any atom is -0.0530 e. The van der Waals surface area contributed by atoms with Gasteiger partial charge in [0.2, 0.25) is 0 Å². The van der Waals surface area contributed by atoms with E-state index in [0.29, 0.717) is 0 Å². The molecule has 27 rings (SSSR count). The van der Waals surface area contributed by atoms with Crippen LogP contribution in [0.2, 0.25) is 0 Å².